The first-order valence-electron chi connectivity index (χ1n) is 5.30. The van der Waals surface area contributed by atoms with Gasteiger partial charge < -0.3 is 10.1 Å². The van der Waals surface area contributed by atoms with Crippen molar-refractivity contribution in [3.05, 3.63) is 23.8 Å². The van der Waals surface area contributed by atoms with Crippen LogP contribution in [0.1, 0.15) is 25.3 Å². The SMILES string of the molecule is COc1ccc(C(C)C)cc1Nc1nnns1. The minimum Gasteiger partial charge on any atom is -0.495 e. The maximum absolute atomic E-state index is 5.30. The molecule has 2 aromatic rings. The summed E-state index contributed by atoms with van der Waals surface area (Å²) in [6.07, 6.45) is 0. The Kier molecular flexibility index (Phi) is 3.53. The molecule has 0 atom stereocenters. The van der Waals surface area contributed by atoms with Crippen LogP contribution < -0.4 is 10.1 Å². The molecule has 0 saturated heterocycles. The van der Waals surface area contributed by atoms with Crippen LogP contribution in [-0.2, 0) is 0 Å². The summed E-state index contributed by atoms with van der Waals surface area (Å²) in [5, 5.41) is 11.2. The number of aromatic nitrogens is 3. The van der Waals surface area contributed by atoms with E-state index < -0.39 is 0 Å². The summed E-state index contributed by atoms with van der Waals surface area (Å²) < 4.78 is 9.01. The van der Waals surface area contributed by atoms with Crippen molar-refractivity contribution in [3.63, 3.8) is 0 Å². The summed E-state index contributed by atoms with van der Waals surface area (Å²) in [6.45, 7) is 4.30. The van der Waals surface area contributed by atoms with E-state index in [0.717, 1.165) is 11.4 Å². The second-order valence-electron chi connectivity index (χ2n) is 3.91. The molecule has 6 heteroatoms. The molecule has 0 spiro atoms. The Morgan fingerprint density at radius 1 is 1.35 bits per heavy atom. The zero-order valence-electron chi connectivity index (χ0n) is 9.97. The Morgan fingerprint density at radius 3 is 2.76 bits per heavy atom. The van der Waals surface area contributed by atoms with Crippen LogP contribution in [-0.4, -0.2) is 21.9 Å². The maximum Gasteiger partial charge on any atom is 0.229 e. The average molecular weight is 250 g/mol. The van der Waals surface area contributed by atoms with Crippen molar-refractivity contribution >= 4 is 22.4 Å². The summed E-state index contributed by atoms with van der Waals surface area (Å²) >= 11 is 1.21. The maximum atomic E-state index is 5.30. The average Bonchev–Trinajstić information content (AvgIpc) is 2.81. The third kappa shape index (κ3) is 2.71. The highest BCUT2D eigenvalue weighted by atomic mass is 32.1. The van der Waals surface area contributed by atoms with Gasteiger partial charge in [0.15, 0.2) is 0 Å². The van der Waals surface area contributed by atoms with Gasteiger partial charge >= 0.3 is 0 Å². The number of nitrogens with one attached hydrogen (secondary N) is 1. The lowest BCUT2D eigenvalue weighted by molar-refractivity contribution is 0.416. The first-order valence-corrected chi connectivity index (χ1v) is 6.08. The van der Waals surface area contributed by atoms with Crippen molar-refractivity contribution < 1.29 is 4.74 Å². The Balaban J connectivity index is 2.32. The van der Waals surface area contributed by atoms with Crippen LogP contribution in [0.3, 0.4) is 0 Å². The zero-order valence-corrected chi connectivity index (χ0v) is 10.8. The summed E-state index contributed by atoms with van der Waals surface area (Å²) in [6, 6.07) is 6.07. The van der Waals surface area contributed by atoms with Crippen LogP contribution in [0.5, 0.6) is 5.75 Å². The molecule has 0 aliphatic carbocycles. The number of rotatable bonds is 4. The summed E-state index contributed by atoms with van der Waals surface area (Å²) in [5.41, 5.74) is 2.13. The fourth-order valence-corrected chi connectivity index (χ4v) is 1.86. The van der Waals surface area contributed by atoms with E-state index in [1.807, 2.05) is 6.07 Å². The van der Waals surface area contributed by atoms with Gasteiger partial charge in [-0.2, -0.15) is 0 Å². The highest BCUT2D eigenvalue weighted by Gasteiger charge is 2.08. The molecule has 0 fully saturated rings. The lowest BCUT2D eigenvalue weighted by atomic mass is 10.0. The topological polar surface area (TPSA) is 59.9 Å². The predicted octanol–water partition coefficient (Wildman–Crippen LogP) is 2.81. The second kappa shape index (κ2) is 5.09. The molecule has 0 amide bonds. The van der Waals surface area contributed by atoms with E-state index in [2.05, 4.69) is 46.1 Å². The Labute approximate surface area is 104 Å². The Morgan fingerprint density at radius 2 is 2.18 bits per heavy atom. The van der Waals surface area contributed by atoms with Crippen LogP contribution in [0.4, 0.5) is 10.8 Å². The van der Waals surface area contributed by atoms with E-state index in [1.165, 1.54) is 17.1 Å². The van der Waals surface area contributed by atoms with Gasteiger partial charge in [0.05, 0.1) is 12.8 Å². The van der Waals surface area contributed by atoms with E-state index in [0.29, 0.717) is 11.0 Å². The number of ether oxygens (including phenoxy) is 1. The highest BCUT2D eigenvalue weighted by Crippen LogP contribution is 2.31. The minimum atomic E-state index is 0.467. The molecule has 17 heavy (non-hydrogen) atoms. The molecule has 2 rings (SSSR count). The van der Waals surface area contributed by atoms with E-state index in [-0.39, 0.29) is 0 Å². The standard InChI is InChI=1S/C11H14N4OS/c1-7(2)8-4-5-10(16-3)9(6-8)12-11-13-14-15-17-11/h4-7H,1-3H3,(H,12,13,15). The van der Waals surface area contributed by atoms with E-state index in [4.69, 9.17) is 4.74 Å². The van der Waals surface area contributed by atoms with Crippen molar-refractivity contribution in [1.82, 2.24) is 14.8 Å². The van der Waals surface area contributed by atoms with Gasteiger partial charge in [-0.1, -0.05) is 29.5 Å². The number of hydrogen-bond acceptors (Lipinski definition) is 6. The Bertz CT molecular complexity index is 484. The van der Waals surface area contributed by atoms with Gasteiger partial charge in [-0.15, -0.1) is 0 Å². The second-order valence-corrected chi connectivity index (χ2v) is 4.64. The van der Waals surface area contributed by atoms with Crippen molar-refractivity contribution in [3.8, 4) is 5.75 Å². The Hall–Kier alpha value is -1.69. The molecule has 0 aliphatic heterocycles. The molecule has 1 N–H and O–H groups in total. The van der Waals surface area contributed by atoms with Crippen LogP contribution in [0.15, 0.2) is 18.2 Å². The van der Waals surface area contributed by atoms with Crippen molar-refractivity contribution in [2.24, 2.45) is 0 Å². The molecule has 0 aliphatic rings. The monoisotopic (exact) mass is 250 g/mol. The third-order valence-electron chi connectivity index (χ3n) is 2.43. The molecule has 1 aromatic heterocycles. The van der Waals surface area contributed by atoms with Crippen molar-refractivity contribution in [1.29, 1.82) is 0 Å². The fraction of sp³-hybridized carbons (Fsp3) is 0.364. The van der Waals surface area contributed by atoms with Gasteiger partial charge in [-0.05, 0) is 28.8 Å². The van der Waals surface area contributed by atoms with Crippen molar-refractivity contribution in [2.45, 2.75) is 19.8 Å². The lowest BCUT2D eigenvalue weighted by Crippen LogP contribution is -1.97. The molecule has 0 radical (unpaired) electrons. The largest absolute Gasteiger partial charge is 0.495 e. The molecule has 1 heterocycles. The van der Waals surface area contributed by atoms with E-state index >= 15 is 0 Å². The molecule has 5 nitrogen and oxygen atoms in total. The van der Waals surface area contributed by atoms with Gasteiger partial charge in [-0.3, -0.25) is 0 Å². The number of hydrogen-bond donors (Lipinski definition) is 1. The van der Waals surface area contributed by atoms with E-state index in [9.17, 15) is 0 Å². The predicted molar refractivity (Wildman–Crippen MR) is 68.1 cm³/mol. The first kappa shape index (κ1) is 11.8. The molecular weight excluding hydrogens is 236 g/mol. The summed E-state index contributed by atoms with van der Waals surface area (Å²) in [4.78, 5) is 0. The molecular formula is C11H14N4OS. The quantitative estimate of drug-likeness (QED) is 0.904. The van der Waals surface area contributed by atoms with Crippen LogP contribution in [0.2, 0.25) is 0 Å². The summed E-state index contributed by atoms with van der Waals surface area (Å²) in [7, 11) is 1.65. The highest BCUT2D eigenvalue weighted by molar-refractivity contribution is 7.09. The van der Waals surface area contributed by atoms with Crippen LogP contribution in [0.25, 0.3) is 0 Å². The summed E-state index contributed by atoms with van der Waals surface area (Å²) in [5.74, 6) is 1.25. The molecule has 0 bridgehead atoms. The minimum absolute atomic E-state index is 0.467. The van der Waals surface area contributed by atoms with Crippen LogP contribution >= 0.6 is 11.5 Å². The van der Waals surface area contributed by atoms with Gasteiger partial charge in [0, 0.05) is 11.5 Å². The van der Waals surface area contributed by atoms with Gasteiger partial charge in [0.25, 0.3) is 0 Å². The van der Waals surface area contributed by atoms with Crippen molar-refractivity contribution in [2.75, 3.05) is 12.4 Å². The zero-order chi connectivity index (χ0) is 12.3. The molecule has 90 valence electrons. The van der Waals surface area contributed by atoms with Gasteiger partial charge in [0.1, 0.15) is 5.75 Å². The third-order valence-corrected chi connectivity index (χ3v) is 2.94. The van der Waals surface area contributed by atoms with E-state index in [1.54, 1.807) is 7.11 Å². The first-order chi connectivity index (χ1) is 8.20. The number of anilines is 2. The number of nitrogens with zero attached hydrogens (tertiary/aromatic N) is 3. The lowest BCUT2D eigenvalue weighted by Gasteiger charge is -2.12. The van der Waals surface area contributed by atoms with Gasteiger partial charge in [0.2, 0.25) is 5.13 Å². The molecule has 0 unspecified atom stereocenters. The number of benzene rings is 1. The normalized spacial score (nSPS) is 10.6. The smallest absolute Gasteiger partial charge is 0.229 e. The van der Waals surface area contributed by atoms with Gasteiger partial charge in [-0.25, -0.2) is 0 Å². The molecule has 1 aromatic carbocycles. The van der Waals surface area contributed by atoms with Crippen LogP contribution in [0, 0.1) is 0 Å². The molecule has 0 saturated carbocycles. The number of methoxy groups -OCH3 is 1. The fourth-order valence-electron chi connectivity index (χ4n) is 1.48.